The topological polar surface area (TPSA) is 81.4 Å². The second kappa shape index (κ2) is 8.43. The minimum Gasteiger partial charge on any atom is -0.381 e. The molecule has 0 aliphatic heterocycles. The fraction of sp³-hybridized carbons (Fsp3) is 0.571. The Morgan fingerprint density at radius 2 is 2.10 bits per heavy atom. The predicted molar refractivity (Wildman–Crippen MR) is 79.8 cm³/mol. The average molecular weight is 318 g/mol. The third-order valence-corrected chi connectivity index (χ3v) is 4.29. The van der Waals surface area contributed by atoms with E-state index in [0.717, 1.165) is 6.07 Å². The first-order valence-electron chi connectivity index (χ1n) is 6.92. The van der Waals surface area contributed by atoms with Crippen molar-refractivity contribution >= 4 is 10.0 Å². The van der Waals surface area contributed by atoms with Crippen LogP contribution in [0.4, 0.5) is 4.39 Å². The van der Waals surface area contributed by atoms with Crippen LogP contribution in [0.3, 0.4) is 0 Å². The normalized spacial score (nSPS) is 12.0. The van der Waals surface area contributed by atoms with Crippen LogP contribution >= 0.6 is 0 Å². The third-order valence-electron chi connectivity index (χ3n) is 2.75. The third kappa shape index (κ3) is 6.09. The molecular formula is C14H23FN2O3S. The van der Waals surface area contributed by atoms with Crippen LogP contribution in [-0.4, -0.2) is 28.2 Å². The van der Waals surface area contributed by atoms with Gasteiger partial charge in [0.1, 0.15) is 5.82 Å². The second-order valence-corrected chi connectivity index (χ2v) is 6.91. The number of halogens is 1. The molecule has 0 saturated carbocycles. The fourth-order valence-corrected chi connectivity index (χ4v) is 3.06. The number of sulfonamides is 1. The Balaban J connectivity index is 2.56. The number of nitrogens with two attached hydrogens (primary N) is 1. The number of hydrogen-bond donors (Lipinski definition) is 2. The summed E-state index contributed by atoms with van der Waals surface area (Å²) in [7, 11) is -3.75. The number of ether oxygens (including phenoxy) is 1. The lowest BCUT2D eigenvalue weighted by atomic mass is 10.2. The van der Waals surface area contributed by atoms with Crippen LogP contribution in [0.25, 0.3) is 0 Å². The molecule has 3 N–H and O–H groups in total. The van der Waals surface area contributed by atoms with Gasteiger partial charge in [-0.15, -0.1) is 0 Å². The summed E-state index contributed by atoms with van der Waals surface area (Å²) in [4.78, 5) is -0.104. The van der Waals surface area contributed by atoms with Crippen molar-refractivity contribution in [2.75, 3.05) is 19.8 Å². The minimum atomic E-state index is -3.75. The van der Waals surface area contributed by atoms with Gasteiger partial charge in [-0.25, -0.2) is 17.5 Å². The SMILES string of the molecule is CC(C)COCCCNS(=O)(=O)c1cc(F)ccc1CN. The summed E-state index contributed by atoms with van der Waals surface area (Å²) < 4.78 is 45.3. The first kappa shape index (κ1) is 18.0. The molecule has 120 valence electrons. The molecular weight excluding hydrogens is 295 g/mol. The predicted octanol–water partition coefficient (Wildman–Crippen LogP) is 1.63. The van der Waals surface area contributed by atoms with Crippen molar-refractivity contribution in [2.45, 2.75) is 31.7 Å². The van der Waals surface area contributed by atoms with Gasteiger partial charge in [-0.05, 0) is 30.0 Å². The molecule has 0 radical (unpaired) electrons. The Hall–Kier alpha value is -1.02. The molecule has 0 fully saturated rings. The molecule has 1 aromatic carbocycles. The van der Waals surface area contributed by atoms with Gasteiger partial charge < -0.3 is 10.5 Å². The van der Waals surface area contributed by atoms with Crippen LogP contribution in [0, 0.1) is 11.7 Å². The summed E-state index contributed by atoms with van der Waals surface area (Å²) in [5, 5.41) is 0. The first-order valence-corrected chi connectivity index (χ1v) is 8.41. The monoisotopic (exact) mass is 318 g/mol. The largest absolute Gasteiger partial charge is 0.381 e. The van der Waals surface area contributed by atoms with E-state index in [1.165, 1.54) is 12.1 Å². The molecule has 0 aliphatic carbocycles. The van der Waals surface area contributed by atoms with Crippen LogP contribution < -0.4 is 10.5 Å². The van der Waals surface area contributed by atoms with E-state index >= 15 is 0 Å². The fourth-order valence-electron chi connectivity index (χ4n) is 1.72. The van der Waals surface area contributed by atoms with E-state index in [1.807, 2.05) is 13.8 Å². The van der Waals surface area contributed by atoms with Crippen LogP contribution in [0.2, 0.25) is 0 Å². The summed E-state index contributed by atoms with van der Waals surface area (Å²) in [5.74, 6) is -0.158. The highest BCUT2D eigenvalue weighted by Crippen LogP contribution is 2.16. The Labute approximate surface area is 125 Å². The zero-order valence-corrected chi connectivity index (χ0v) is 13.2. The number of hydrogen-bond acceptors (Lipinski definition) is 4. The molecule has 5 nitrogen and oxygen atoms in total. The van der Waals surface area contributed by atoms with E-state index in [-0.39, 0.29) is 18.0 Å². The summed E-state index contributed by atoms with van der Waals surface area (Å²) in [6.07, 6.45) is 0.555. The van der Waals surface area contributed by atoms with Gasteiger partial charge in [0.05, 0.1) is 4.90 Å². The molecule has 0 aliphatic rings. The Morgan fingerprint density at radius 1 is 1.38 bits per heavy atom. The Kier molecular flexibility index (Phi) is 7.24. The number of benzene rings is 1. The molecule has 0 bridgehead atoms. The van der Waals surface area contributed by atoms with E-state index in [0.29, 0.717) is 31.1 Å². The Bertz CT molecular complexity index is 547. The van der Waals surface area contributed by atoms with Gasteiger partial charge >= 0.3 is 0 Å². The summed E-state index contributed by atoms with van der Waals surface area (Å²) >= 11 is 0. The van der Waals surface area contributed by atoms with Crippen molar-refractivity contribution < 1.29 is 17.5 Å². The molecule has 0 amide bonds. The van der Waals surface area contributed by atoms with Crippen LogP contribution in [0.1, 0.15) is 25.8 Å². The zero-order chi connectivity index (χ0) is 15.9. The van der Waals surface area contributed by atoms with Gasteiger partial charge in [0.2, 0.25) is 10.0 Å². The van der Waals surface area contributed by atoms with Gasteiger partial charge in [-0.1, -0.05) is 19.9 Å². The molecule has 7 heteroatoms. The van der Waals surface area contributed by atoms with Crippen molar-refractivity contribution in [2.24, 2.45) is 11.7 Å². The van der Waals surface area contributed by atoms with Gasteiger partial charge in [0, 0.05) is 26.3 Å². The van der Waals surface area contributed by atoms with E-state index < -0.39 is 15.8 Å². The molecule has 1 rings (SSSR count). The highest BCUT2D eigenvalue weighted by molar-refractivity contribution is 7.89. The highest BCUT2D eigenvalue weighted by atomic mass is 32.2. The molecule has 21 heavy (non-hydrogen) atoms. The van der Waals surface area contributed by atoms with Crippen molar-refractivity contribution in [3.63, 3.8) is 0 Å². The molecule has 0 unspecified atom stereocenters. The number of nitrogens with one attached hydrogen (secondary N) is 1. The van der Waals surface area contributed by atoms with Crippen molar-refractivity contribution in [3.8, 4) is 0 Å². The lowest BCUT2D eigenvalue weighted by Gasteiger charge is -2.11. The maximum Gasteiger partial charge on any atom is 0.240 e. The van der Waals surface area contributed by atoms with Crippen molar-refractivity contribution in [3.05, 3.63) is 29.6 Å². The van der Waals surface area contributed by atoms with Crippen LogP contribution in [0.15, 0.2) is 23.1 Å². The van der Waals surface area contributed by atoms with Crippen molar-refractivity contribution in [1.29, 1.82) is 0 Å². The molecule has 0 spiro atoms. The quantitative estimate of drug-likeness (QED) is 0.678. The van der Waals surface area contributed by atoms with E-state index in [4.69, 9.17) is 10.5 Å². The summed E-state index contributed by atoms with van der Waals surface area (Å²) in [6, 6.07) is 3.57. The molecule has 1 aromatic rings. The molecule has 0 atom stereocenters. The smallest absolute Gasteiger partial charge is 0.240 e. The molecule has 0 heterocycles. The lowest BCUT2D eigenvalue weighted by Crippen LogP contribution is -2.27. The molecule has 0 aromatic heterocycles. The molecule has 0 saturated heterocycles. The minimum absolute atomic E-state index is 0.0357. The van der Waals surface area contributed by atoms with Crippen LogP contribution in [0.5, 0.6) is 0 Å². The van der Waals surface area contributed by atoms with E-state index in [2.05, 4.69) is 4.72 Å². The van der Waals surface area contributed by atoms with Crippen molar-refractivity contribution in [1.82, 2.24) is 4.72 Å². The number of rotatable bonds is 9. The van der Waals surface area contributed by atoms with E-state index in [9.17, 15) is 12.8 Å². The maximum absolute atomic E-state index is 13.2. The average Bonchev–Trinajstić information content (AvgIpc) is 2.42. The first-order chi connectivity index (χ1) is 9.86. The van der Waals surface area contributed by atoms with Gasteiger partial charge in [-0.2, -0.15) is 0 Å². The van der Waals surface area contributed by atoms with Crippen LogP contribution in [-0.2, 0) is 21.3 Å². The highest BCUT2D eigenvalue weighted by Gasteiger charge is 2.18. The van der Waals surface area contributed by atoms with Gasteiger partial charge in [-0.3, -0.25) is 0 Å². The lowest BCUT2D eigenvalue weighted by molar-refractivity contribution is 0.108. The van der Waals surface area contributed by atoms with E-state index in [1.54, 1.807) is 0 Å². The van der Waals surface area contributed by atoms with Gasteiger partial charge in [0.15, 0.2) is 0 Å². The van der Waals surface area contributed by atoms with Gasteiger partial charge in [0.25, 0.3) is 0 Å². The summed E-state index contributed by atoms with van der Waals surface area (Å²) in [6.45, 7) is 5.48. The summed E-state index contributed by atoms with van der Waals surface area (Å²) in [5.41, 5.74) is 5.87. The maximum atomic E-state index is 13.2. The second-order valence-electron chi connectivity index (χ2n) is 5.18. The zero-order valence-electron chi connectivity index (χ0n) is 12.4. The standard InChI is InChI=1S/C14H23FN2O3S/c1-11(2)10-20-7-3-6-17-21(18,19)14-8-13(15)5-4-12(14)9-16/h4-5,8,11,17H,3,6-7,9-10,16H2,1-2H3. The Morgan fingerprint density at radius 3 is 2.71 bits per heavy atom.